The average Bonchev–Trinajstić information content (AvgIpc) is 1.42. The minimum Gasteiger partial charge on any atom is -0.462 e. The summed E-state index contributed by atoms with van der Waals surface area (Å²) in [5.74, 6) is -3.26. The Kier molecular flexibility index (Phi) is 31.5. The molecule has 5 N–H and O–H groups in total. The minimum atomic E-state index is -4.23. The molecule has 96 heavy (non-hydrogen) atoms. The first-order chi connectivity index (χ1) is 44.8. The predicted molar refractivity (Wildman–Crippen MR) is 362 cm³/mol. The number of carbonyl (C=O) groups is 5. The van der Waals surface area contributed by atoms with Gasteiger partial charge in [0.2, 0.25) is 0 Å². The lowest BCUT2D eigenvalue weighted by Crippen LogP contribution is -2.61. The number of unbranched alkanes of at least 4 members (excludes halogenated alkanes) is 9. The number of carbonyl (C=O) groups excluding carboxylic acids is 5. The van der Waals surface area contributed by atoms with E-state index in [1.807, 2.05) is 25.9 Å². The first-order valence-corrected chi connectivity index (χ1v) is 37.7. The summed E-state index contributed by atoms with van der Waals surface area (Å²) in [5.41, 5.74) is -3.19. The van der Waals surface area contributed by atoms with Crippen LogP contribution in [0.4, 0.5) is 0 Å². The van der Waals surface area contributed by atoms with E-state index < -0.39 is 124 Å². The molecule has 0 aromatic heterocycles. The SMILES string of the molecule is CC(=O)OC1CCC2(C)C(=CCC3C4CCC(=O)C4(C)CCC32)C1.CCC(=O)OC1C(OC2C(C)C(OC3CC(C)(OC)C(O)C(C)O3)C(C)C(=O)OC(CC)C(C)(O)C(O)C(C)C(=O)C(C)CC2(C)O)OC(C)CC1N(C)C.CCCCCCCCCCCCOS(=O)(=O)O. The molecule has 0 spiro atoms. The molecule has 7 rings (SSSR count). The Hall–Kier alpha value is -3.04. The molecule has 3 aliphatic heterocycles. The topological polar surface area (TPSA) is 307 Å². The molecule has 24 atom stereocenters. The Morgan fingerprint density at radius 3 is 1.93 bits per heavy atom. The van der Waals surface area contributed by atoms with Crippen LogP contribution in [0.1, 0.15) is 252 Å². The van der Waals surface area contributed by atoms with Crippen molar-refractivity contribution in [1.29, 1.82) is 0 Å². The number of aliphatic hydroxyl groups is 4. The summed E-state index contributed by atoms with van der Waals surface area (Å²) in [4.78, 5) is 66.6. The number of rotatable bonds is 22. The van der Waals surface area contributed by atoms with Crippen LogP contribution in [0.15, 0.2) is 11.6 Å². The smallest absolute Gasteiger partial charge is 0.397 e. The maximum atomic E-state index is 14.2. The molecule has 0 radical (unpaired) electrons. The maximum absolute atomic E-state index is 14.2. The fourth-order valence-corrected chi connectivity index (χ4v) is 17.6. The fraction of sp³-hybridized carbons (Fsp3) is 0.904. The molecule has 0 amide bonds. The summed E-state index contributed by atoms with van der Waals surface area (Å²) in [5, 5.41) is 46.6. The zero-order valence-corrected chi connectivity index (χ0v) is 62.5. The van der Waals surface area contributed by atoms with Crippen LogP contribution in [0.2, 0.25) is 0 Å². The monoisotopic (exact) mass is 1390 g/mol. The van der Waals surface area contributed by atoms with E-state index in [0.29, 0.717) is 36.4 Å². The Bertz CT molecular complexity index is 2650. The van der Waals surface area contributed by atoms with Gasteiger partial charge in [-0.05, 0) is 143 Å². The van der Waals surface area contributed by atoms with Crippen LogP contribution in [-0.4, -0.2) is 186 Å². The maximum Gasteiger partial charge on any atom is 0.397 e. The van der Waals surface area contributed by atoms with Crippen LogP contribution in [0.5, 0.6) is 0 Å². The molecule has 4 aliphatic carbocycles. The summed E-state index contributed by atoms with van der Waals surface area (Å²) in [7, 11) is 0.973. The average molecular weight is 1390 g/mol. The van der Waals surface area contributed by atoms with Crippen molar-refractivity contribution >= 4 is 39.9 Å². The van der Waals surface area contributed by atoms with Crippen LogP contribution in [0, 0.1) is 52.3 Å². The van der Waals surface area contributed by atoms with Gasteiger partial charge < -0.3 is 63.2 Å². The molecule has 0 aromatic rings. The molecule has 6 fully saturated rings. The zero-order chi connectivity index (χ0) is 72.1. The number of ether oxygens (including phenoxy) is 8. The summed E-state index contributed by atoms with van der Waals surface area (Å²) < 4.78 is 82.1. The van der Waals surface area contributed by atoms with Gasteiger partial charge in [0.1, 0.15) is 35.5 Å². The van der Waals surface area contributed by atoms with E-state index in [9.17, 15) is 52.8 Å². The van der Waals surface area contributed by atoms with Crippen molar-refractivity contribution < 1.29 is 99.4 Å². The lowest BCUT2D eigenvalue weighted by atomic mass is 9.48. The number of likely N-dealkylation sites (N-methyl/N-ethyl adjacent to an activating group) is 1. The molecule has 556 valence electrons. The van der Waals surface area contributed by atoms with E-state index in [2.05, 4.69) is 31.0 Å². The van der Waals surface area contributed by atoms with Crippen molar-refractivity contribution in [3.8, 4) is 0 Å². The van der Waals surface area contributed by atoms with Gasteiger partial charge in [-0.1, -0.05) is 125 Å². The summed E-state index contributed by atoms with van der Waals surface area (Å²) in [6.45, 7) is 26.5. The van der Waals surface area contributed by atoms with Crippen LogP contribution in [0.25, 0.3) is 0 Å². The molecule has 3 heterocycles. The van der Waals surface area contributed by atoms with Crippen LogP contribution >= 0.6 is 0 Å². The lowest BCUT2D eigenvalue weighted by Gasteiger charge is -2.56. The minimum absolute atomic E-state index is 0.0438. The Balaban J connectivity index is 0.000000328. The van der Waals surface area contributed by atoms with Crippen LogP contribution in [-0.2, 0) is 76.4 Å². The number of hydrogen-bond donors (Lipinski definition) is 5. The second-order valence-corrected chi connectivity index (χ2v) is 32.0. The van der Waals surface area contributed by atoms with Gasteiger partial charge in [-0.15, -0.1) is 0 Å². The molecule has 23 heteroatoms. The number of Topliss-reactive ketones (excluding diaryl/α,β-unsaturated/α-hetero) is 2. The zero-order valence-electron chi connectivity index (χ0n) is 61.6. The predicted octanol–water partition coefficient (Wildman–Crippen LogP) is 10.9. The fourth-order valence-electron chi connectivity index (χ4n) is 17.2. The molecule has 22 nitrogen and oxygen atoms in total. The Morgan fingerprint density at radius 1 is 0.750 bits per heavy atom. The number of aliphatic hydroxyl groups excluding tert-OH is 2. The van der Waals surface area contributed by atoms with Gasteiger partial charge >= 0.3 is 28.3 Å². The normalized spacial score (nSPS) is 40.8. The van der Waals surface area contributed by atoms with E-state index >= 15 is 0 Å². The molecule has 3 saturated carbocycles. The van der Waals surface area contributed by atoms with E-state index in [1.54, 1.807) is 48.5 Å². The Morgan fingerprint density at radius 2 is 1.35 bits per heavy atom. The second-order valence-electron chi connectivity index (χ2n) is 30.9. The first-order valence-electron chi connectivity index (χ1n) is 36.4. The number of fused-ring (bicyclic) bond motifs is 5. The lowest BCUT2D eigenvalue weighted by molar-refractivity contribution is -0.319. The third-order valence-corrected chi connectivity index (χ3v) is 23.6. The number of cyclic esters (lactones) is 1. The number of allylic oxidation sites excluding steroid dienone is 1. The third kappa shape index (κ3) is 21.3. The highest BCUT2D eigenvalue weighted by Crippen LogP contribution is 2.64. The Labute approximate surface area is 575 Å². The standard InChI is InChI=1S/C40H71NO14.C21H30O3.C12H26O4S/c1-15-27-40(11,48)33(44)22(5)30(43)20(3)18-38(9,47)35(55-37-32(53-28(42)16-2)26(41(12)13)17-21(4)50-37)23(6)31(24(7)36(46)52-27)54-29-19-39(10,49-14)34(45)25(8)51-29;1-13(22)24-15-8-10-20(2)14(12-15)4-5-16-17-6-7-19(23)21(17,3)11-9-18(16)20;1-2-3-4-5-6-7-8-9-10-11-12-16-17(13,14)15/h20-27,29,31-35,37,44-45,47-48H,15-19H2,1-14H3;4,15-18H,5-12H2,1-3H3;2-12H2,1H3,(H,13,14,15). The van der Waals surface area contributed by atoms with E-state index in [0.717, 1.165) is 57.8 Å². The molecule has 0 bridgehead atoms. The van der Waals surface area contributed by atoms with Crippen LogP contribution < -0.4 is 0 Å². The number of methoxy groups -OCH3 is 1. The molecule has 7 aliphatic rings. The van der Waals surface area contributed by atoms with E-state index in [-0.39, 0.29) is 67.3 Å². The number of hydrogen-bond acceptors (Lipinski definition) is 21. The molecular weight excluding hydrogens is 1260 g/mol. The second kappa shape index (κ2) is 36.2. The number of ketones is 2. The largest absolute Gasteiger partial charge is 0.462 e. The number of esters is 3. The van der Waals surface area contributed by atoms with Gasteiger partial charge in [0.15, 0.2) is 18.7 Å². The highest BCUT2D eigenvalue weighted by atomic mass is 32.3. The van der Waals surface area contributed by atoms with Crippen molar-refractivity contribution in [2.45, 2.75) is 342 Å². The van der Waals surface area contributed by atoms with Gasteiger partial charge in [0.05, 0.1) is 60.3 Å². The van der Waals surface area contributed by atoms with Gasteiger partial charge in [0, 0.05) is 62.9 Å². The van der Waals surface area contributed by atoms with E-state index in [1.165, 1.54) is 91.7 Å². The van der Waals surface area contributed by atoms with Gasteiger partial charge in [-0.2, -0.15) is 8.42 Å². The third-order valence-electron chi connectivity index (χ3n) is 23.2. The highest BCUT2D eigenvalue weighted by molar-refractivity contribution is 7.80. The van der Waals surface area contributed by atoms with Crippen molar-refractivity contribution in [3.63, 3.8) is 0 Å². The number of nitrogens with zero attached hydrogens (tertiary/aromatic N) is 1. The van der Waals surface area contributed by atoms with Crippen LogP contribution in [0.3, 0.4) is 0 Å². The van der Waals surface area contributed by atoms with Gasteiger partial charge in [-0.25, -0.2) is 4.18 Å². The van der Waals surface area contributed by atoms with Crippen molar-refractivity contribution in [3.05, 3.63) is 11.6 Å². The van der Waals surface area contributed by atoms with Crippen molar-refractivity contribution in [2.24, 2.45) is 52.3 Å². The quantitative estimate of drug-likeness (QED) is 0.0221. The summed E-state index contributed by atoms with van der Waals surface area (Å²) >= 11 is 0. The van der Waals surface area contributed by atoms with Crippen molar-refractivity contribution in [1.82, 2.24) is 4.90 Å². The van der Waals surface area contributed by atoms with Gasteiger partial charge in [-0.3, -0.25) is 28.5 Å². The summed E-state index contributed by atoms with van der Waals surface area (Å²) in [6, 6.07) is -0.319. The van der Waals surface area contributed by atoms with Gasteiger partial charge in [0.25, 0.3) is 0 Å². The molecular formula is C73H127NO21S. The highest BCUT2D eigenvalue weighted by Gasteiger charge is 2.60. The first kappa shape index (κ1) is 83.6. The summed E-state index contributed by atoms with van der Waals surface area (Å²) in [6.07, 6.45) is 13.0. The molecule has 3 saturated heterocycles. The molecule has 24 unspecified atom stereocenters. The molecule has 0 aromatic carbocycles. The van der Waals surface area contributed by atoms with E-state index in [4.69, 9.17) is 42.4 Å². The van der Waals surface area contributed by atoms with Crippen molar-refractivity contribution in [2.75, 3.05) is 27.8 Å².